The van der Waals surface area contributed by atoms with Gasteiger partial charge in [-0.1, -0.05) is 73.5 Å². The van der Waals surface area contributed by atoms with E-state index < -0.39 is 0 Å². The topological polar surface area (TPSA) is 50.7 Å². The molecule has 33 heavy (non-hydrogen) atoms. The number of ether oxygens (including phenoxy) is 1. The minimum Gasteiger partial charge on any atom is -0.488 e. The lowest BCUT2D eigenvalue weighted by Gasteiger charge is -2.10. The Labute approximate surface area is 203 Å². The number of unbranched alkanes of at least 4 members (excludes halogenated alkanes) is 1. The van der Waals surface area contributed by atoms with Crippen LogP contribution in [0.3, 0.4) is 0 Å². The second-order valence-electron chi connectivity index (χ2n) is 7.67. The number of carbonyl (C=O) groups excluding carboxylic acids is 1. The maximum atomic E-state index is 12.5. The van der Waals surface area contributed by atoms with E-state index in [-0.39, 0.29) is 5.91 Å². The number of para-hydroxylation sites is 1. The molecule has 0 aromatic heterocycles. The number of aryl methyl sites for hydroxylation is 1. The Balaban J connectivity index is 1.47. The van der Waals surface area contributed by atoms with Crippen LogP contribution < -0.4 is 10.1 Å². The van der Waals surface area contributed by atoms with Crippen molar-refractivity contribution >= 4 is 46.2 Å². The van der Waals surface area contributed by atoms with Crippen LogP contribution in [0.15, 0.2) is 82.7 Å². The van der Waals surface area contributed by atoms with Gasteiger partial charge in [0, 0.05) is 16.1 Å². The molecule has 1 saturated heterocycles. The summed E-state index contributed by atoms with van der Waals surface area (Å²) in [6.45, 7) is 2.54. The number of nitrogens with one attached hydrogen (secondary N) is 1. The Morgan fingerprint density at radius 3 is 2.58 bits per heavy atom. The summed E-state index contributed by atoms with van der Waals surface area (Å²) in [5.41, 5.74) is 3.86. The zero-order chi connectivity index (χ0) is 23.0. The lowest BCUT2D eigenvalue weighted by atomic mass is 10.1. The molecular formula is C27H25ClN2O2S. The highest BCUT2D eigenvalue weighted by Gasteiger charge is 2.24. The lowest BCUT2D eigenvalue weighted by Crippen LogP contribution is -2.19. The van der Waals surface area contributed by atoms with E-state index in [4.69, 9.17) is 16.3 Å². The van der Waals surface area contributed by atoms with Crippen molar-refractivity contribution in [1.82, 2.24) is 5.32 Å². The number of thioether (sulfide) groups is 1. The number of carbonyl (C=O) groups is 1. The molecule has 0 spiro atoms. The van der Waals surface area contributed by atoms with E-state index in [0.29, 0.717) is 27.5 Å². The number of halogens is 1. The van der Waals surface area contributed by atoms with Crippen LogP contribution in [-0.4, -0.2) is 11.1 Å². The summed E-state index contributed by atoms with van der Waals surface area (Å²) in [7, 11) is 0. The molecule has 1 amide bonds. The van der Waals surface area contributed by atoms with Gasteiger partial charge in [0.15, 0.2) is 5.17 Å². The van der Waals surface area contributed by atoms with Crippen molar-refractivity contribution in [3.05, 3.63) is 99.4 Å². The monoisotopic (exact) mass is 476 g/mol. The number of amides is 1. The number of hydrogen-bond acceptors (Lipinski definition) is 4. The normalized spacial score (nSPS) is 15.8. The molecule has 3 aromatic rings. The van der Waals surface area contributed by atoms with Gasteiger partial charge in [-0.2, -0.15) is 0 Å². The Hall–Kier alpha value is -3.02. The molecule has 1 N–H and O–H groups in total. The number of rotatable bonds is 8. The highest BCUT2D eigenvalue weighted by molar-refractivity contribution is 8.18. The van der Waals surface area contributed by atoms with Gasteiger partial charge in [0.2, 0.25) is 0 Å². The third-order valence-corrected chi connectivity index (χ3v) is 6.46. The van der Waals surface area contributed by atoms with Crippen LogP contribution in [0.4, 0.5) is 5.69 Å². The quantitative estimate of drug-likeness (QED) is 0.351. The predicted octanol–water partition coefficient (Wildman–Crippen LogP) is 7.15. The van der Waals surface area contributed by atoms with Crippen LogP contribution in [-0.2, 0) is 17.8 Å². The van der Waals surface area contributed by atoms with Crippen LogP contribution in [0.5, 0.6) is 5.75 Å². The molecule has 1 fully saturated rings. The SMILES string of the molecule is CCCCc1ccc(N=C2NC(=O)/C(=C/c3ccccc3OCc3ccccc3Cl)S2)cc1. The third kappa shape index (κ3) is 6.28. The summed E-state index contributed by atoms with van der Waals surface area (Å²) in [5, 5.41) is 4.09. The Bertz CT molecular complexity index is 1190. The van der Waals surface area contributed by atoms with Crippen molar-refractivity contribution < 1.29 is 9.53 Å². The van der Waals surface area contributed by atoms with Crippen LogP contribution in [0.2, 0.25) is 5.02 Å². The van der Waals surface area contributed by atoms with Gasteiger partial charge in [0.1, 0.15) is 12.4 Å². The zero-order valence-corrected chi connectivity index (χ0v) is 20.0. The van der Waals surface area contributed by atoms with Crippen molar-refractivity contribution in [3.8, 4) is 5.75 Å². The smallest absolute Gasteiger partial charge is 0.264 e. The Morgan fingerprint density at radius 2 is 1.79 bits per heavy atom. The van der Waals surface area contributed by atoms with Crippen LogP contribution in [0.1, 0.15) is 36.5 Å². The summed E-state index contributed by atoms with van der Waals surface area (Å²) in [6, 6.07) is 23.4. The molecule has 1 heterocycles. The van der Waals surface area contributed by atoms with E-state index in [1.54, 1.807) is 0 Å². The molecule has 1 aliphatic rings. The van der Waals surface area contributed by atoms with Gasteiger partial charge in [0.05, 0.1) is 10.6 Å². The molecule has 6 heteroatoms. The largest absolute Gasteiger partial charge is 0.488 e. The van der Waals surface area contributed by atoms with Gasteiger partial charge in [-0.3, -0.25) is 4.79 Å². The van der Waals surface area contributed by atoms with Crippen LogP contribution >= 0.6 is 23.4 Å². The summed E-state index contributed by atoms with van der Waals surface area (Å²) in [5.74, 6) is 0.519. The highest BCUT2D eigenvalue weighted by Crippen LogP contribution is 2.31. The fraction of sp³-hybridized carbons (Fsp3) is 0.185. The predicted molar refractivity (Wildman–Crippen MR) is 138 cm³/mol. The summed E-state index contributed by atoms with van der Waals surface area (Å²) < 4.78 is 6.01. The van der Waals surface area contributed by atoms with Crippen molar-refractivity contribution in [2.75, 3.05) is 0 Å². The van der Waals surface area contributed by atoms with Crippen molar-refractivity contribution in [2.24, 2.45) is 4.99 Å². The molecule has 0 saturated carbocycles. The number of nitrogens with zero attached hydrogens (tertiary/aromatic N) is 1. The van der Waals surface area contributed by atoms with E-state index in [2.05, 4.69) is 29.4 Å². The number of benzene rings is 3. The number of hydrogen-bond donors (Lipinski definition) is 1. The molecule has 3 aromatic carbocycles. The first-order chi connectivity index (χ1) is 16.1. The summed E-state index contributed by atoms with van der Waals surface area (Å²) >= 11 is 7.56. The van der Waals surface area contributed by atoms with Gasteiger partial charge >= 0.3 is 0 Å². The standard InChI is InChI=1S/C27H25ClN2O2S/c1-2-3-8-19-13-15-22(16-14-19)29-27-30-26(31)25(33-27)17-20-9-5-7-12-24(20)32-18-21-10-4-6-11-23(21)28/h4-7,9-17H,2-3,8,18H2,1H3,(H,29,30,31)/b25-17-. The fourth-order valence-electron chi connectivity index (χ4n) is 3.36. The van der Waals surface area contributed by atoms with E-state index in [9.17, 15) is 4.79 Å². The van der Waals surface area contributed by atoms with Gasteiger partial charge in [-0.05, 0) is 60.5 Å². The molecule has 0 radical (unpaired) electrons. The third-order valence-electron chi connectivity index (χ3n) is 5.18. The van der Waals surface area contributed by atoms with Gasteiger partial charge in [-0.15, -0.1) is 0 Å². The summed E-state index contributed by atoms with van der Waals surface area (Å²) in [4.78, 5) is 17.7. The number of aliphatic imine (C=N–C) groups is 1. The maximum absolute atomic E-state index is 12.5. The van der Waals surface area contributed by atoms with Crippen molar-refractivity contribution in [2.45, 2.75) is 32.8 Å². The molecule has 0 atom stereocenters. The second kappa shape index (κ2) is 11.2. The maximum Gasteiger partial charge on any atom is 0.264 e. The first-order valence-electron chi connectivity index (χ1n) is 11.0. The van der Waals surface area contributed by atoms with Gasteiger partial charge < -0.3 is 10.1 Å². The van der Waals surface area contributed by atoms with E-state index in [1.807, 2.05) is 66.7 Å². The molecule has 0 aliphatic carbocycles. The highest BCUT2D eigenvalue weighted by atomic mass is 35.5. The van der Waals surface area contributed by atoms with E-state index >= 15 is 0 Å². The Morgan fingerprint density at radius 1 is 1.03 bits per heavy atom. The lowest BCUT2D eigenvalue weighted by molar-refractivity contribution is -0.115. The van der Waals surface area contributed by atoms with E-state index in [0.717, 1.165) is 23.2 Å². The minimum atomic E-state index is -0.167. The van der Waals surface area contributed by atoms with Crippen molar-refractivity contribution in [1.29, 1.82) is 0 Å². The molecule has 0 unspecified atom stereocenters. The Kier molecular flexibility index (Phi) is 7.87. The van der Waals surface area contributed by atoms with E-state index in [1.165, 1.54) is 30.2 Å². The zero-order valence-electron chi connectivity index (χ0n) is 18.4. The number of amidine groups is 1. The molecule has 4 nitrogen and oxygen atoms in total. The van der Waals surface area contributed by atoms with Gasteiger partial charge in [0.25, 0.3) is 5.91 Å². The second-order valence-corrected chi connectivity index (χ2v) is 9.11. The van der Waals surface area contributed by atoms with Crippen molar-refractivity contribution in [3.63, 3.8) is 0 Å². The summed E-state index contributed by atoms with van der Waals surface area (Å²) in [6.07, 6.45) is 5.26. The molecule has 1 aliphatic heterocycles. The molecular weight excluding hydrogens is 452 g/mol. The van der Waals surface area contributed by atoms with Crippen LogP contribution in [0, 0.1) is 0 Å². The minimum absolute atomic E-state index is 0.167. The molecule has 4 rings (SSSR count). The average Bonchev–Trinajstić information content (AvgIpc) is 3.17. The molecule has 168 valence electrons. The fourth-order valence-corrected chi connectivity index (χ4v) is 4.38. The van der Waals surface area contributed by atoms with Gasteiger partial charge in [-0.25, -0.2) is 4.99 Å². The first kappa shape index (κ1) is 23.1. The van der Waals surface area contributed by atoms with Crippen LogP contribution in [0.25, 0.3) is 6.08 Å². The first-order valence-corrected chi connectivity index (χ1v) is 12.2. The molecule has 0 bridgehead atoms. The average molecular weight is 477 g/mol.